The number of nitriles is 1. The summed E-state index contributed by atoms with van der Waals surface area (Å²) < 4.78 is 52.7. The van der Waals surface area contributed by atoms with E-state index < -0.39 is 34.9 Å². The van der Waals surface area contributed by atoms with E-state index in [0.717, 1.165) is 0 Å². The summed E-state index contributed by atoms with van der Waals surface area (Å²) in [5.74, 6) is -2.73. The van der Waals surface area contributed by atoms with Crippen molar-refractivity contribution in [3.63, 3.8) is 0 Å². The summed E-state index contributed by atoms with van der Waals surface area (Å²) in [6.07, 6.45) is -3.62. The maximum atomic E-state index is 13.7. The number of aromatic nitrogens is 1. The summed E-state index contributed by atoms with van der Waals surface area (Å²) in [5.41, 5.74) is -0.979. The molecule has 0 unspecified atom stereocenters. The van der Waals surface area contributed by atoms with E-state index in [0.29, 0.717) is 23.4 Å². The van der Waals surface area contributed by atoms with Crippen LogP contribution in [0, 0.1) is 17.1 Å². The van der Waals surface area contributed by atoms with E-state index in [1.54, 1.807) is 12.1 Å². The van der Waals surface area contributed by atoms with E-state index in [1.165, 1.54) is 31.4 Å². The van der Waals surface area contributed by atoms with Gasteiger partial charge < -0.3 is 16.0 Å². The van der Waals surface area contributed by atoms with Crippen molar-refractivity contribution in [1.82, 2.24) is 10.3 Å². The smallest absolute Gasteiger partial charge is 0.355 e. The van der Waals surface area contributed by atoms with Gasteiger partial charge in [-0.3, -0.25) is 9.59 Å². The van der Waals surface area contributed by atoms with Gasteiger partial charge in [-0.05, 0) is 48.5 Å². The molecule has 0 saturated carbocycles. The summed E-state index contributed by atoms with van der Waals surface area (Å²) in [6.45, 7) is 0. The van der Waals surface area contributed by atoms with Gasteiger partial charge in [-0.1, -0.05) is 0 Å². The zero-order valence-corrected chi connectivity index (χ0v) is 16.9. The van der Waals surface area contributed by atoms with Gasteiger partial charge in [-0.15, -0.1) is 0 Å². The topological polar surface area (TPSA) is 107 Å². The Morgan fingerprint density at radius 2 is 1.70 bits per heavy atom. The Labute approximate surface area is 185 Å². The van der Waals surface area contributed by atoms with Gasteiger partial charge in [0.05, 0.1) is 28.4 Å². The van der Waals surface area contributed by atoms with Crippen molar-refractivity contribution in [2.45, 2.75) is 6.18 Å². The first-order chi connectivity index (χ1) is 15.6. The Kier molecular flexibility index (Phi) is 6.58. The SMILES string of the molecule is CNC(=O)c1cnc(Nc2ccc(C#N)cc2)c(NC(=O)c2cc(F)cc(C(F)(F)F)c2)c1. The lowest BCUT2D eigenvalue weighted by atomic mass is 10.1. The lowest BCUT2D eigenvalue weighted by Crippen LogP contribution is -2.20. The van der Waals surface area contributed by atoms with Gasteiger partial charge in [0, 0.05) is 24.5 Å². The number of hydrogen-bond donors (Lipinski definition) is 3. The summed E-state index contributed by atoms with van der Waals surface area (Å²) in [7, 11) is 1.38. The lowest BCUT2D eigenvalue weighted by Gasteiger charge is -2.14. The third-order valence-corrected chi connectivity index (χ3v) is 4.39. The van der Waals surface area contributed by atoms with Crippen LogP contribution in [0.1, 0.15) is 31.8 Å². The largest absolute Gasteiger partial charge is 0.416 e. The molecule has 0 fully saturated rings. The van der Waals surface area contributed by atoms with Gasteiger partial charge in [0.1, 0.15) is 5.82 Å². The minimum atomic E-state index is -4.85. The number of nitrogens with one attached hydrogen (secondary N) is 3. The Bertz CT molecular complexity index is 1250. The fraction of sp³-hybridized carbons (Fsp3) is 0.0909. The number of alkyl halides is 3. The first-order valence-electron chi connectivity index (χ1n) is 9.29. The number of halogens is 4. The lowest BCUT2D eigenvalue weighted by molar-refractivity contribution is -0.137. The van der Waals surface area contributed by atoms with Crippen LogP contribution in [0.15, 0.2) is 54.7 Å². The zero-order chi connectivity index (χ0) is 24.2. The molecule has 1 aromatic heterocycles. The molecule has 0 radical (unpaired) electrons. The van der Waals surface area contributed by atoms with Crippen molar-refractivity contribution >= 4 is 29.0 Å². The molecule has 7 nitrogen and oxygen atoms in total. The molecule has 168 valence electrons. The molecule has 0 spiro atoms. The first-order valence-corrected chi connectivity index (χ1v) is 9.29. The van der Waals surface area contributed by atoms with Crippen LogP contribution < -0.4 is 16.0 Å². The van der Waals surface area contributed by atoms with Crippen LogP contribution in [0.2, 0.25) is 0 Å². The molecule has 2 amide bonds. The van der Waals surface area contributed by atoms with Crippen LogP contribution in [0.25, 0.3) is 0 Å². The monoisotopic (exact) mass is 457 g/mol. The average Bonchev–Trinajstić information content (AvgIpc) is 2.79. The summed E-state index contributed by atoms with van der Waals surface area (Å²) in [6, 6.07) is 10.9. The third kappa shape index (κ3) is 5.62. The molecule has 0 aliphatic carbocycles. The highest BCUT2D eigenvalue weighted by molar-refractivity contribution is 6.07. The summed E-state index contributed by atoms with van der Waals surface area (Å²) in [5, 5.41) is 16.5. The number of anilines is 3. The van der Waals surface area contributed by atoms with Crippen molar-refractivity contribution in [3.8, 4) is 6.07 Å². The summed E-state index contributed by atoms with van der Waals surface area (Å²) >= 11 is 0. The van der Waals surface area contributed by atoms with Crippen molar-refractivity contribution < 1.29 is 27.2 Å². The molecule has 0 saturated heterocycles. The van der Waals surface area contributed by atoms with Crippen LogP contribution in [-0.2, 0) is 6.18 Å². The second kappa shape index (κ2) is 9.35. The Balaban J connectivity index is 1.97. The molecule has 3 aromatic rings. The quantitative estimate of drug-likeness (QED) is 0.490. The van der Waals surface area contributed by atoms with E-state index in [2.05, 4.69) is 20.9 Å². The van der Waals surface area contributed by atoms with E-state index in [9.17, 15) is 27.2 Å². The van der Waals surface area contributed by atoms with E-state index in [1.807, 2.05) is 6.07 Å². The van der Waals surface area contributed by atoms with Crippen LogP contribution in [0.5, 0.6) is 0 Å². The number of carbonyl (C=O) groups is 2. The standard InChI is InChI=1S/C22H15F4N5O2/c1-28-20(32)14-8-18(19(29-11-14)30-17-4-2-12(10-27)3-5-17)31-21(33)13-6-15(22(24,25)26)9-16(23)7-13/h2-9,11H,1H3,(H,28,32)(H,29,30)(H,31,33). The Morgan fingerprint density at radius 1 is 1.00 bits per heavy atom. The predicted octanol–water partition coefficient (Wildman–Crippen LogP) is 4.47. The van der Waals surface area contributed by atoms with Crippen molar-refractivity contribution in [2.24, 2.45) is 0 Å². The van der Waals surface area contributed by atoms with Gasteiger partial charge in [0.2, 0.25) is 0 Å². The minimum absolute atomic E-state index is 0.0386. The summed E-state index contributed by atoms with van der Waals surface area (Å²) in [4.78, 5) is 28.7. The first kappa shape index (κ1) is 23.2. The molecule has 0 aliphatic rings. The number of hydrogen-bond acceptors (Lipinski definition) is 5. The molecule has 33 heavy (non-hydrogen) atoms. The Hall–Kier alpha value is -4.46. The molecule has 2 aromatic carbocycles. The molecule has 3 rings (SSSR count). The molecule has 0 bridgehead atoms. The number of carbonyl (C=O) groups excluding carboxylic acids is 2. The molecular weight excluding hydrogens is 442 g/mol. The highest BCUT2D eigenvalue weighted by atomic mass is 19.4. The second-order valence-electron chi connectivity index (χ2n) is 6.69. The number of rotatable bonds is 5. The van der Waals surface area contributed by atoms with Crippen molar-refractivity contribution in [3.05, 3.63) is 82.8 Å². The number of nitrogens with zero attached hydrogens (tertiary/aromatic N) is 2. The zero-order valence-electron chi connectivity index (χ0n) is 16.9. The fourth-order valence-electron chi connectivity index (χ4n) is 2.77. The molecular formula is C22H15F4N5O2. The van der Waals surface area contributed by atoms with Gasteiger partial charge in [0.15, 0.2) is 5.82 Å². The normalized spacial score (nSPS) is 10.8. The van der Waals surface area contributed by atoms with Crippen LogP contribution in [-0.4, -0.2) is 23.8 Å². The average molecular weight is 457 g/mol. The van der Waals surface area contributed by atoms with Crippen LogP contribution >= 0.6 is 0 Å². The van der Waals surface area contributed by atoms with Gasteiger partial charge >= 0.3 is 6.18 Å². The van der Waals surface area contributed by atoms with Crippen molar-refractivity contribution in [1.29, 1.82) is 5.26 Å². The van der Waals surface area contributed by atoms with E-state index in [4.69, 9.17) is 5.26 Å². The maximum Gasteiger partial charge on any atom is 0.416 e. The highest BCUT2D eigenvalue weighted by Crippen LogP contribution is 2.31. The van der Waals surface area contributed by atoms with Gasteiger partial charge in [-0.25, -0.2) is 9.37 Å². The molecule has 1 heterocycles. The molecule has 3 N–H and O–H groups in total. The van der Waals surface area contributed by atoms with Crippen LogP contribution in [0.3, 0.4) is 0 Å². The van der Waals surface area contributed by atoms with E-state index >= 15 is 0 Å². The minimum Gasteiger partial charge on any atom is -0.355 e. The fourth-order valence-corrected chi connectivity index (χ4v) is 2.77. The van der Waals surface area contributed by atoms with Gasteiger partial charge in [-0.2, -0.15) is 18.4 Å². The number of amides is 2. The van der Waals surface area contributed by atoms with Gasteiger partial charge in [0.25, 0.3) is 11.8 Å². The molecule has 0 atom stereocenters. The predicted molar refractivity (Wildman–Crippen MR) is 111 cm³/mol. The molecule has 0 aliphatic heterocycles. The van der Waals surface area contributed by atoms with Crippen molar-refractivity contribution in [2.75, 3.05) is 17.7 Å². The van der Waals surface area contributed by atoms with Crippen LogP contribution in [0.4, 0.5) is 34.8 Å². The van der Waals surface area contributed by atoms with E-state index in [-0.39, 0.29) is 23.1 Å². The third-order valence-electron chi connectivity index (χ3n) is 4.39. The maximum absolute atomic E-state index is 13.7. The number of benzene rings is 2. The number of pyridine rings is 1. The Morgan fingerprint density at radius 3 is 2.30 bits per heavy atom. The highest BCUT2D eigenvalue weighted by Gasteiger charge is 2.32. The molecule has 11 heteroatoms. The second-order valence-corrected chi connectivity index (χ2v) is 6.69.